The lowest BCUT2D eigenvalue weighted by Gasteiger charge is -2.26. The second kappa shape index (κ2) is 6.28. The summed E-state index contributed by atoms with van der Waals surface area (Å²) in [4.78, 5) is 13.1. The molecule has 4 nitrogen and oxygen atoms in total. The molecule has 1 atom stereocenters. The Kier molecular flexibility index (Phi) is 5.01. The van der Waals surface area contributed by atoms with E-state index < -0.39 is 5.97 Å². The highest BCUT2D eigenvalue weighted by Gasteiger charge is 2.12. The van der Waals surface area contributed by atoms with Crippen LogP contribution < -0.4 is 10.6 Å². The summed E-state index contributed by atoms with van der Waals surface area (Å²) in [5.74, 6) is -0.380. The monoisotopic (exact) mass is 250 g/mol. The SMILES string of the molecule is CCC(C)CN(CC)c1ccc(C(=O)O)c(N)c1. The van der Waals surface area contributed by atoms with Crippen LogP contribution in [0.3, 0.4) is 0 Å². The van der Waals surface area contributed by atoms with Crippen LogP contribution in [0, 0.1) is 5.92 Å². The number of benzene rings is 1. The Balaban J connectivity index is 2.94. The van der Waals surface area contributed by atoms with Gasteiger partial charge in [-0.3, -0.25) is 0 Å². The van der Waals surface area contributed by atoms with E-state index in [1.165, 1.54) is 0 Å². The van der Waals surface area contributed by atoms with Gasteiger partial charge in [-0.1, -0.05) is 20.3 Å². The molecule has 0 radical (unpaired) electrons. The molecule has 0 amide bonds. The maximum Gasteiger partial charge on any atom is 0.337 e. The van der Waals surface area contributed by atoms with Crippen LogP contribution in [0.2, 0.25) is 0 Å². The lowest BCUT2D eigenvalue weighted by atomic mass is 10.1. The molecule has 1 rings (SSSR count). The molecule has 1 aromatic carbocycles. The maximum atomic E-state index is 10.9. The van der Waals surface area contributed by atoms with Gasteiger partial charge >= 0.3 is 5.97 Å². The Morgan fingerprint density at radius 3 is 2.56 bits per heavy atom. The van der Waals surface area contributed by atoms with Crippen molar-refractivity contribution in [3.63, 3.8) is 0 Å². The predicted octanol–water partition coefficient (Wildman–Crippen LogP) is 2.84. The quantitative estimate of drug-likeness (QED) is 0.762. The topological polar surface area (TPSA) is 66.6 Å². The first-order valence-electron chi connectivity index (χ1n) is 6.37. The van der Waals surface area contributed by atoms with Gasteiger partial charge in [0.2, 0.25) is 0 Å². The van der Waals surface area contributed by atoms with Gasteiger partial charge < -0.3 is 15.7 Å². The highest BCUT2D eigenvalue weighted by atomic mass is 16.4. The average molecular weight is 250 g/mol. The number of anilines is 2. The molecule has 0 fully saturated rings. The van der Waals surface area contributed by atoms with Crippen molar-refractivity contribution in [1.82, 2.24) is 0 Å². The lowest BCUT2D eigenvalue weighted by molar-refractivity contribution is 0.0698. The van der Waals surface area contributed by atoms with Gasteiger partial charge in [0.1, 0.15) is 0 Å². The van der Waals surface area contributed by atoms with E-state index in [1.54, 1.807) is 12.1 Å². The molecule has 1 unspecified atom stereocenters. The Labute approximate surface area is 108 Å². The lowest BCUT2D eigenvalue weighted by Crippen LogP contribution is -2.28. The van der Waals surface area contributed by atoms with Crippen LogP contribution >= 0.6 is 0 Å². The normalized spacial score (nSPS) is 12.2. The van der Waals surface area contributed by atoms with Gasteiger partial charge in [-0.2, -0.15) is 0 Å². The average Bonchev–Trinajstić information content (AvgIpc) is 2.34. The summed E-state index contributed by atoms with van der Waals surface area (Å²) in [5, 5.41) is 8.94. The van der Waals surface area contributed by atoms with Gasteiger partial charge in [-0.15, -0.1) is 0 Å². The molecule has 100 valence electrons. The third-order valence-electron chi connectivity index (χ3n) is 3.24. The molecule has 4 heteroatoms. The van der Waals surface area contributed by atoms with Crippen molar-refractivity contribution in [2.24, 2.45) is 5.92 Å². The second-order valence-corrected chi connectivity index (χ2v) is 4.63. The van der Waals surface area contributed by atoms with Crippen LogP contribution in [0.1, 0.15) is 37.6 Å². The van der Waals surface area contributed by atoms with Crippen LogP contribution in [-0.2, 0) is 0 Å². The van der Waals surface area contributed by atoms with E-state index >= 15 is 0 Å². The van der Waals surface area contributed by atoms with Gasteiger partial charge in [-0.05, 0) is 31.0 Å². The molecule has 0 saturated heterocycles. The number of carboxylic acid groups (broad SMARTS) is 1. The first-order chi connectivity index (χ1) is 8.49. The summed E-state index contributed by atoms with van der Waals surface area (Å²) in [5.41, 5.74) is 7.24. The predicted molar refractivity (Wildman–Crippen MR) is 75.2 cm³/mol. The van der Waals surface area contributed by atoms with Crippen LogP contribution in [0.15, 0.2) is 18.2 Å². The summed E-state index contributed by atoms with van der Waals surface area (Å²) in [6.07, 6.45) is 1.12. The molecule has 0 aliphatic rings. The van der Waals surface area contributed by atoms with Crippen molar-refractivity contribution in [2.75, 3.05) is 23.7 Å². The molecule has 0 saturated carbocycles. The fourth-order valence-corrected chi connectivity index (χ4v) is 1.86. The standard InChI is InChI=1S/C14H22N2O2/c1-4-10(3)9-16(5-2)11-6-7-12(14(17)18)13(15)8-11/h6-8,10H,4-5,9,15H2,1-3H3,(H,17,18). The van der Waals surface area contributed by atoms with Crippen molar-refractivity contribution in [2.45, 2.75) is 27.2 Å². The van der Waals surface area contributed by atoms with Crippen LogP contribution in [0.25, 0.3) is 0 Å². The minimum Gasteiger partial charge on any atom is -0.478 e. The largest absolute Gasteiger partial charge is 0.478 e. The minimum absolute atomic E-state index is 0.165. The molecule has 0 bridgehead atoms. The number of hydrogen-bond donors (Lipinski definition) is 2. The van der Waals surface area contributed by atoms with Crippen LogP contribution in [0.5, 0.6) is 0 Å². The first kappa shape index (κ1) is 14.4. The summed E-state index contributed by atoms with van der Waals surface area (Å²) >= 11 is 0. The van der Waals surface area contributed by atoms with Crippen LogP contribution in [-0.4, -0.2) is 24.2 Å². The third-order valence-corrected chi connectivity index (χ3v) is 3.24. The van der Waals surface area contributed by atoms with Gasteiger partial charge in [0.15, 0.2) is 0 Å². The number of nitrogens with two attached hydrogens (primary N) is 1. The van der Waals surface area contributed by atoms with Gasteiger partial charge in [-0.25, -0.2) is 4.79 Å². The number of carbonyl (C=O) groups is 1. The summed E-state index contributed by atoms with van der Waals surface area (Å²) < 4.78 is 0. The van der Waals surface area contributed by atoms with E-state index in [2.05, 4.69) is 25.7 Å². The van der Waals surface area contributed by atoms with E-state index in [0.717, 1.165) is 25.2 Å². The number of carboxylic acids is 1. The number of hydrogen-bond acceptors (Lipinski definition) is 3. The molecule has 0 aliphatic heterocycles. The Bertz CT molecular complexity index is 418. The van der Waals surface area contributed by atoms with E-state index in [-0.39, 0.29) is 5.56 Å². The highest BCUT2D eigenvalue weighted by Crippen LogP contribution is 2.22. The van der Waals surface area contributed by atoms with E-state index in [1.807, 2.05) is 6.07 Å². The molecule has 0 spiro atoms. The van der Waals surface area contributed by atoms with Crippen molar-refractivity contribution < 1.29 is 9.90 Å². The first-order valence-corrected chi connectivity index (χ1v) is 6.37. The molecule has 0 heterocycles. The number of rotatable bonds is 6. The van der Waals surface area contributed by atoms with E-state index in [9.17, 15) is 4.79 Å². The summed E-state index contributed by atoms with van der Waals surface area (Å²) in [7, 11) is 0. The zero-order chi connectivity index (χ0) is 13.7. The maximum absolute atomic E-state index is 10.9. The fraction of sp³-hybridized carbons (Fsp3) is 0.500. The van der Waals surface area contributed by atoms with Gasteiger partial charge in [0.05, 0.1) is 5.56 Å². The summed E-state index contributed by atoms with van der Waals surface area (Å²) in [6.45, 7) is 8.30. The number of nitrogen functional groups attached to an aromatic ring is 1. The minimum atomic E-state index is -0.982. The Morgan fingerprint density at radius 1 is 1.44 bits per heavy atom. The highest BCUT2D eigenvalue weighted by molar-refractivity contribution is 5.94. The van der Waals surface area contributed by atoms with Crippen molar-refractivity contribution >= 4 is 17.3 Å². The molecular formula is C14H22N2O2. The number of nitrogens with zero attached hydrogens (tertiary/aromatic N) is 1. The third kappa shape index (κ3) is 3.39. The summed E-state index contributed by atoms with van der Waals surface area (Å²) in [6, 6.07) is 5.15. The van der Waals surface area contributed by atoms with Crippen LogP contribution in [0.4, 0.5) is 11.4 Å². The van der Waals surface area contributed by atoms with Crippen molar-refractivity contribution in [1.29, 1.82) is 0 Å². The van der Waals surface area contributed by atoms with Gasteiger partial charge in [0.25, 0.3) is 0 Å². The molecule has 18 heavy (non-hydrogen) atoms. The Hall–Kier alpha value is -1.71. The van der Waals surface area contributed by atoms with E-state index in [0.29, 0.717) is 11.6 Å². The van der Waals surface area contributed by atoms with Crippen molar-refractivity contribution in [3.8, 4) is 0 Å². The smallest absolute Gasteiger partial charge is 0.337 e. The zero-order valence-corrected chi connectivity index (χ0v) is 11.3. The second-order valence-electron chi connectivity index (χ2n) is 4.63. The molecule has 0 aromatic heterocycles. The zero-order valence-electron chi connectivity index (χ0n) is 11.3. The number of aromatic carboxylic acids is 1. The van der Waals surface area contributed by atoms with Gasteiger partial charge in [0, 0.05) is 24.5 Å². The van der Waals surface area contributed by atoms with E-state index in [4.69, 9.17) is 10.8 Å². The molecule has 1 aromatic rings. The Morgan fingerprint density at radius 2 is 2.11 bits per heavy atom. The van der Waals surface area contributed by atoms with Crippen molar-refractivity contribution in [3.05, 3.63) is 23.8 Å². The molecule has 3 N–H and O–H groups in total. The molecular weight excluding hydrogens is 228 g/mol. The molecule has 0 aliphatic carbocycles. The fourth-order valence-electron chi connectivity index (χ4n) is 1.86.